The average molecular weight is 1040 g/mol. The molecule has 0 atom stereocenters. The van der Waals surface area contributed by atoms with Gasteiger partial charge in [-0.05, 0) is 93.0 Å². The van der Waals surface area contributed by atoms with E-state index in [9.17, 15) is 19.2 Å². The molecule has 14 nitrogen and oxygen atoms in total. The number of halogens is 3. The van der Waals surface area contributed by atoms with Crippen LogP contribution in [0.1, 0.15) is 66.0 Å². The molecule has 0 heterocycles. The molecular weight excluding hydrogens is 983 g/mol. The second-order valence-electron chi connectivity index (χ2n) is 12.4. The van der Waals surface area contributed by atoms with Crippen LogP contribution in [0.15, 0.2) is 91.9 Å². The van der Waals surface area contributed by atoms with E-state index < -0.39 is 23.7 Å². The van der Waals surface area contributed by atoms with Gasteiger partial charge in [0, 0.05) is 26.5 Å². The molecule has 0 aromatic heterocycles. The number of hydrogen-bond donors (Lipinski definition) is 2. The van der Waals surface area contributed by atoms with Crippen LogP contribution < -0.4 is 5.90 Å². The number of esters is 3. The van der Waals surface area contributed by atoms with Crippen LogP contribution in [0.4, 0.5) is 0 Å². The van der Waals surface area contributed by atoms with Crippen LogP contribution in [0.5, 0.6) is 0 Å². The third kappa shape index (κ3) is 22.0. The molecule has 0 amide bonds. The van der Waals surface area contributed by atoms with Crippen LogP contribution >= 0.6 is 57.1 Å². The van der Waals surface area contributed by atoms with Crippen molar-refractivity contribution >= 4 is 99.8 Å². The number of nitrogens with zero attached hydrogens (tertiary/aromatic N) is 3. The van der Waals surface area contributed by atoms with Gasteiger partial charge in [-0.1, -0.05) is 115 Å². The van der Waals surface area contributed by atoms with E-state index in [2.05, 4.69) is 124 Å². The summed E-state index contributed by atoms with van der Waals surface area (Å²) < 4.78 is 17.7. The molecule has 1 radical (unpaired) electrons. The predicted molar refractivity (Wildman–Crippen MR) is 262 cm³/mol. The first-order chi connectivity index (χ1) is 29.4. The Hall–Kier alpha value is -4.72. The Labute approximate surface area is 400 Å². The summed E-state index contributed by atoms with van der Waals surface area (Å²) in [6.07, 6.45) is 0. The molecule has 63 heavy (non-hydrogen) atoms. The molecule has 0 spiro atoms. The Morgan fingerprint density at radius 2 is 0.857 bits per heavy atom. The minimum absolute atomic E-state index is 0. The zero-order chi connectivity index (χ0) is 47.9. The maximum absolute atomic E-state index is 11.7. The number of thiol groups is 1. The molecule has 4 aromatic carbocycles. The van der Waals surface area contributed by atoms with Crippen molar-refractivity contribution in [2.75, 3.05) is 42.7 Å². The molecule has 4 aromatic rings. The van der Waals surface area contributed by atoms with Gasteiger partial charge in [0.2, 0.25) is 0 Å². The van der Waals surface area contributed by atoms with Gasteiger partial charge < -0.3 is 28.7 Å². The number of hydrogen-bond acceptors (Lipinski definition) is 15. The van der Waals surface area contributed by atoms with Crippen LogP contribution in [0, 0.1) is 48.5 Å². The summed E-state index contributed by atoms with van der Waals surface area (Å²) in [5.41, 5.74) is 10.3. The number of Topliss-reactive ketones (excluding diaryl/α,β-unsaturated/α-hetero) is 1. The summed E-state index contributed by atoms with van der Waals surface area (Å²) in [6.45, 7) is 13.5. The van der Waals surface area contributed by atoms with Gasteiger partial charge in [-0.15, -0.1) is 12.4 Å². The van der Waals surface area contributed by atoms with Gasteiger partial charge in [-0.25, -0.2) is 20.3 Å². The molecular formula is C44H57BBr2ClN4O10S. The number of benzene rings is 4. The SMILES string of the molecule is COC(=O)C(=O)c1c(C)cccc1C.CON.CON=C(C(=O)OC)c1c(C)cccc1C.CON=C(C(=O)OC)c1c(C)cccc1CBr.Cc1cccc(C)c1Br.Cl.[B]=NS. The van der Waals surface area contributed by atoms with Gasteiger partial charge in [0.15, 0.2) is 11.4 Å². The van der Waals surface area contributed by atoms with E-state index in [4.69, 9.17) is 9.57 Å². The number of rotatable bonds is 9. The summed E-state index contributed by atoms with van der Waals surface area (Å²) in [5, 5.41) is 8.11. The minimum atomic E-state index is -0.817. The van der Waals surface area contributed by atoms with Gasteiger partial charge >= 0.3 is 42.7 Å². The number of oxime groups is 2. The van der Waals surface area contributed by atoms with Crippen molar-refractivity contribution in [1.82, 2.24) is 0 Å². The predicted octanol–water partition coefficient (Wildman–Crippen LogP) is 9.08. The van der Waals surface area contributed by atoms with Crippen molar-refractivity contribution in [2.24, 2.45) is 20.5 Å². The van der Waals surface area contributed by atoms with E-state index >= 15 is 0 Å². The first kappa shape index (κ1) is 62.6. The van der Waals surface area contributed by atoms with E-state index in [0.29, 0.717) is 10.9 Å². The normalized spacial score (nSPS) is 9.84. The van der Waals surface area contributed by atoms with Crippen LogP contribution in [0.2, 0.25) is 0 Å². The van der Waals surface area contributed by atoms with E-state index in [-0.39, 0.29) is 23.8 Å². The van der Waals surface area contributed by atoms with E-state index in [1.165, 1.54) is 58.3 Å². The summed E-state index contributed by atoms with van der Waals surface area (Å²) >= 11 is 10.1. The Balaban J connectivity index is -0.000000737. The molecule has 0 aliphatic heterocycles. The third-order valence-corrected chi connectivity index (χ3v) is 9.90. The fraction of sp³-hybridized carbons (Fsp3) is 0.318. The molecule has 0 aliphatic rings. The molecule has 19 heteroatoms. The monoisotopic (exact) mass is 1040 g/mol. The summed E-state index contributed by atoms with van der Waals surface area (Å²) in [7, 11) is 12.4. The molecule has 2 N–H and O–H groups in total. The van der Waals surface area contributed by atoms with Gasteiger partial charge in [-0.2, -0.15) is 0 Å². The maximum atomic E-state index is 11.7. The topological polar surface area (TPSA) is 187 Å². The van der Waals surface area contributed by atoms with Gasteiger partial charge in [0.05, 0.1) is 28.4 Å². The van der Waals surface area contributed by atoms with Crippen molar-refractivity contribution in [3.05, 3.63) is 138 Å². The fourth-order valence-corrected chi connectivity index (χ4v) is 6.01. The zero-order valence-electron chi connectivity index (χ0n) is 37.8. The summed E-state index contributed by atoms with van der Waals surface area (Å²) in [5.74, 6) is 1.94. The number of carbonyl (C=O) groups excluding carboxylic acids is 4. The van der Waals surface area contributed by atoms with Crippen molar-refractivity contribution in [2.45, 2.75) is 53.8 Å². The van der Waals surface area contributed by atoms with Crippen molar-refractivity contribution in [1.29, 1.82) is 0 Å². The van der Waals surface area contributed by atoms with Crippen LogP contribution in [0.3, 0.4) is 0 Å². The molecule has 0 unspecified atom stereocenters. The second kappa shape index (κ2) is 35.7. The van der Waals surface area contributed by atoms with Crippen LogP contribution in [0.25, 0.3) is 0 Å². The molecule has 0 aliphatic carbocycles. The molecule has 4 rings (SSSR count). The Morgan fingerprint density at radius 3 is 1.16 bits per heavy atom. The molecule has 0 saturated heterocycles. The molecule has 0 fully saturated rings. The van der Waals surface area contributed by atoms with Crippen molar-refractivity contribution in [3.8, 4) is 0 Å². The number of alkyl halides is 1. The molecule has 0 bridgehead atoms. The number of aryl methyl sites for hydroxylation is 7. The Morgan fingerprint density at radius 1 is 0.571 bits per heavy atom. The average Bonchev–Trinajstić information content (AvgIpc) is 3.24. The Kier molecular flexibility index (Phi) is 35.5. The van der Waals surface area contributed by atoms with Crippen molar-refractivity contribution in [3.63, 3.8) is 0 Å². The number of ketones is 1. The fourth-order valence-electron chi connectivity index (χ4n) is 5.27. The molecule has 0 saturated carbocycles. The number of carbonyl (C=O) groups is 4. The quantitative estimate of drug-likeness (QED) is 0.0187. The number of methoxy groups -OCH3 is 3. The zero-order valence-corrected chi connectivity index (χ0v) is 42.7. The first-order valence-electron chi connectivity index (χ1n) is 18.2. The van der Waals surface area contributed by atoms with Crippen LogP contribution in [-0.4, -0.2) is 85.4 Å². The second-order valence-corrected chi connectivity index (χ2v) is 14.0. The van der Waals surface area contributed by atoms with Gasteiger partial charge in [0.1, 0.15) is 14.2 Å². The van der Waals surface area contributed by atoms with E-state index in [1.54, 1.807) is 26.0 Å². The van der Waals surface area contributed by atoms with Crippen LogP contribution in [-0.2, 0) is 48.4 Å². The van der Waals surface area contributed by atoms with Gasteiger partial charge in [0.25, 0.3) is 5.78 Å². The summed E-state index contributed by atoms with van der Waals surface area (Å²) in [6, 6.07) is 23.2. The molecule has 343 valence electrons. The van der Waals surface area contributed by atoms with Crippen molar-refractivity contribution < 1.29 is 47.9 Å². The van der Waals surface area contributed by atoms with Gasteiger partial charge in [-0.3, -0.25) is 4.79 Å². The number of ether oxygens (including phenoxy) is 3. The van der Waals surface area contributed by atoms with E-state index in [0.717, 1.165) is 44.5 Å². The first-order valence-corrected chi connectivity index (χ1v) is 20.5. The summed E-state index contributed by atoms with van der Waals surface area (Å²) in [4.78, 5) is 59.0. The Bertz CT molecular complexity index is 2080. The number of nitrogens with two attached hydrogens (primary N) is 1. The third-order valence-electron chi connectivity index (χ3n) is 8.04. The standard InChI is InChI=1S/C12H14BrNO3.C12H15NO3.C11H12O3.C8H9Br.CH5NO.BHNS.ClH/c1-8-5-4-6-9(7-13)10(8)11(14-17-3)12(15)16-2;1-8-6-5-7-9(2)10(8)11(13-16-4)12(14)15-3;1-7-5-4-6-8(2)9(7)10(12)11(13)14-3;1-6-4-3-5-7(2)8(6)9;1-3-2;1-2-3;/h4-6H,7H2,1-3H3;5-7H,1-4H3;4-6H,1-3H3;3-5H,1-2H3;2H2,1H3;3H;1H. The van der Waals surface area contributed by atoms with E-state index in [1.807, 2.05) is 63.2 Å².